The maximum atomic E-state index is 12.9. The van der Waals surface area contributed by atoms with E-state index in [1.54, 1.807) is 6.07 Å². The molecule has 1 aliphatic rings. The first-order valence-corrected chi connectivity index (χ1v) is 7.44. The van der Waals surface area contributed by atoms with Gasteiger partial charge in [0, 0.05) is 12.0 Å². The molecule has 0 bridgehead atoms. The van der Waals surface area contributed by atoms with Gasteiger partial charge in [-0.3, -0.25) is 0 Å². The second-order valence-electron chi connectivity index (χ2n) is 5.72. The summed E-state index contributed by atoms with van der Waals surface area (Å²) in [7, 11) is 1.92. The number of alkyl halides is 3. The van der Waals surface area contributed by atoms with Crippen LogP contribution in [0.4, 0.5) is 13.2 Å². The lowest BCUT2D eigenvalue weighted by atomic mass is 9.76. The van der Waals surface area contributed by atoms with Crippen LogP contribution in [0.5, 0.6) is 0 Å². The Morgan fingerprint density at radius 3 is 2.36 bits per heavy atom. The molecule has 1 nitrogen and oxygen atoms in total. The van der Waals surface area contributed by atoms with Crippen LogP contribution in [0, 0.1) is 0 Å². The van der Waals surface area contributed by atoms with Crippen LogP contribution in [-0.4, -0.2) is 7.05 Å². The SMILES string of the molecule is CN[C@@H]1CC[C@H](c2cccc(C(F)(F)F)c2)c2ccccc21. The van der Waals surface area contributed by atoms with Crippen LogP contribution in [0.2, 0.25) is 0 Å². The van der Waals surface area contributed by atoms with Gasteiger partial charge in [0.15, 0.2) is 0 Å². The summed E-state index contributed by atoms with van der Waals surface area (Å²) in [6, 6.07) is 14.0. The van der Waals surface area contributed by atoms with Gasteiger partial charge in [0.25, 0.3) is 0 Å². The van der Waals surface area contributed by atoms with Gasteiger partial charge in [0.05, 0.1) is 5.56 Å². The number of hydrogen-bond acceptors (Lipinski definition) is 1. The number of nitrogens with one attached hydrogen (secondary N) is 1. The molecule has 4 heteroatoms. The van der Waals surface area contributed by atoms with Gasteiger partial charge >= 0.3 is 6.18 Å². The standard InChI is InChI=1S/C18H18F3N/c1-22-17-10-9-14(15-7-2-3-8-16(15)17)12-5-4-6-13(11-12)18(19,20)21/h2-8,11,14,17,22H,9-10H2,1H3/t14-,17-/m1/s1. The van der Waals surface area contributed by atoms with Crippen LogP contribution in [0.3, 0.4) is 0 Å². The van der Waals surface area contributed by atoms with Crippen LogP contribution >= 0.6 is 0 Å². The molecular formula is C18H18F3N. The van der Waals surface area contributed by atoms with E-state index in [4.69, 9.17) is 0 Å². The van der Waals surface area contributed by atoms with E-state index in [1.165, 1.54) is 17.7 Å². The molecule has 22 heavy (non-hydrogen) atoms. The summed E-state index contributed by atoms with van der Waals surface area (Å²) >= 11 is 0. The summed E-state index contributed by atoms with van der Waals surface area (Å²) in [6.45, 7) is 0. The van der Waals surface area contributed by atoms with Crippen LogP contribution in [0.25, 0.3) is 0 Å². The molecule has 1 aliphatic carbocycles. The van der Waals surface area contributed by atoms with Crippen molar-refractivity contribution < 1.29 is 13.2 Å². The predicted octanol–water partition coefficient (Wildman–Crippen LogP) is 4.89. The van der Waals surface area contributed by atoms with Crippen molar-refractivity contribution in [3.05, 3.63) is 70.8 Å². The zero-order chi connectivity index (χ0) is 15.7. The van der Waals surface area contributed by atoms with Crippen molar-refractivity contribution in [2.45, 2.75) is 31.0 Å². The van der Waals surface area contributed by atoms with Gasteiger partial charge in [-0.2, -0.15) is 13.2 Å². The highest BCUT2D eigenvalue weighted by Gasteiger charge is 2.32. The number of benzene rings is 2. The molecule has 0 aromatic heterocycles. The van der Waals surface area contributed by atoms with Crippen molar-refractivity contribution in [3.8, 4) is 0 Å². The molecule has 0 radical (unpaired) electrons. The first kappa shape index (κ1) is 15.1. The van der Waals surface area contributed by atoms with E-state index >= 15 is 0 Å². The third kappa shape index (κ3) is 2.75. The first-order chi connectivity index (χ1) is 10.5. The molecule has 0 saturated carbocycles. The largest absolute Gasteiger partial charge is 0.416 e. The normalized spacial score (nSPS) is 21.5. The Morgan fingerprint density at radius 2 is 1.68 bits per heavy atom. The number of hydrogen-bond donors (Lipinski definition) is 1. The van der Waals surface area contributed by atoms with Gasteiger partial charge in [0.2, 0.25) is 0 Å². The van der Waals surface area contributed by atoms with E-state index in [9.17, 15) is 13.2 Å². The minimum absolute atomic E-state index is 0.0306. The summed E-state index contributed by atoms with van der Waals surface area (Å²) < 4.78 is 38.8. The molecule has 1 N–H and O–H groups in total. The Labute approximate surface area is 128 Å². The Kier molecular flexibility index (Phi) is 3.96. The van der Waals surface area contributed by atoms with Crippen LogP contribution in [-0.2, 0) is 6.18 Å². The van der Waals surface area contributed by atoms with E-state index in [1.807, 2.05) is 25.2 Å². The highest BCUT2D eigenvalue weighted by Crippen LogP contribution is 2.42. The zero-order valence-corrected chi connectivity index (χ0v) is 12.3. The summed E-state index contributed by atoms with van der Waals surface area (Å²) in [5.41, 5.74) is 2.50. The van der Waals surface area contributed by atoms with E-state index < -0.39 is 11.7 Å². The van der Waals surface area contributed by atoms with Crippen molar-refractivity contribution in [2.24, 2.45) is 0 Å². The molecule has 0 unspecified atom stereocenters. The summed E-state index contributed by atoms with van der Waals surface area (Å²) in [4.78, 5) is 0. The third-order valence-corrected chi connectivity index (χ3v) is 4.46. The average molecular weight is 305 g/mol. The monoisotopic (exact) mass is 305 g/mol. The highest BCUT2D eigenvalue weighted by molar-refractivity contribution is 5.43. The Balaban J connectivity index is 2.03. The molecule has 0 spiro atoms. The van der Waals surface area contributed by atoms with Crippen LogP contribution in [0.1, 0.15) is 47.1 Å². The molecule has 0 heterocycles. The van der Waals surface area contributed by atoms with E-state index in [-0.39, 0.29) is 12.0 Å². The lowest BCUT2D eigenvalue weighted by Gasteiger charge is -2.32. The maximum Gasteiger partial charge on any atom is 0.416 e. The summed E-state index contributed by atoms with van der Waals surface area (Å²) in [5.74, 6) is 0.0306. The van der Waals surface area contributed by atoms with Gasteiger partial charge in [-0.25, -0.2) is 0 Å². The number of halogens is 3. The average Bonchev–Trinajstić information content (AvgIpc) is 2.53. The van der Waals surface area contributed by atoms with Crippen LogP contribution in [0.15, 0.2) is 48.5 Å². The minimum Gasteiger partial charge on any atom is -0.313 e. The first-order valence-electron chi connectivity index (χ1n) is 7.44. The molecule has 0 saturated heterocycles. The topological polar surface area (TPSA) is 12.0 Å². The lowest BCUT2D eigenvalue weighted by molar-refractivity contribution is -0.137. The van der Waals surface area contributed by atoms with Crippen molar-refractivity contribution in [2.75, 3.05) is 7.05 Å². The molecule has 2 aromatic carbocycles. The van der Waals surface area contributed by atoms with Gasteiger partial charge < -0.3 is 5.32 Å². The van der Waals surface area contributed by atoms with Crippen molar-refractivity contribution in [3.63, 3.8) is 0 Å². The molecular weight excluding hydrogens is 287 g/mol. The van der Waals surface area contributed by atoms with Gasteiger partial charge in [-0.05, 0) is 42.6 Å². The molecule has 116 valence electrons. The van der Waals surface area contributed by atoms with Crippen molar-refractivity contribution in [1.82, 2.24) is 5.32 Å². The van der Waals surface area contributed by atoms with Crippen molar-refractivity contribution >= 4 is 0 Å². The fourth-order valence-electron chi connectivity index (χ4n) is 3.37. The Morgan fingerprint density at radius 1 is 0.955 bits per heavy atom. The molecule has 2 atom stereocenters. The Hall–Kier alpha value is -1.81. The number of rotatable bonds is 2. The second kappa shape index (κ2) is 5.76. The van der Waals surface area contributed by atoms with Gasteiger partial charge in [-0.1, -0.05) is 42.5 Å². The maximum absolute atomic E-state index is 12.9. The third-order valence-electron chi connectivity index (χ3n) is 4.46. The Bertz CT molecular complexity index is 663. The van der Waals surface area contributed by atoms with Gasteiger partial charge in [-0.15, -0.1) is 0 Å². The lowest BCUT2D eigenvalue weighted by Crippen LogP contribution is -2.24. The molecule has 2 aromatic rings. The zero-order valence-electron chi connectivity index (χ0n) is 12.3. The van der Waals surface area contributed by atoms with E-state index in [0.29, 0.717) is 0 Å². The molecule has 0 fully saturated rings. The quantitative estimate of drug-likeness (QED) is 0.833. The van der Waals surface area contributed by atoms with E-state index in [2.05, 4.69) is 11.4 Å². The fraction of sp³-hybridized carbons (Fsp3) is 0.333. The minimum atomic E-state index is -4.29. The van der Waals surface area contributed by atoms with E-state index in [0.717, 1.165) is 30.0 Å². The molecule has 3 rings (SSSR count). The molecule has 0 amide bonds. The van der Waals surface area contributed by atoms with Crippen molar-refractivity contribution in [1.29, 1.82) is 0 Å². The number of fused-ring (bicyclic) bond motifs is 1. The highest BCUT2D eigenvalue weighted by atomic mass is 19.4. The van der Waals surface area contributed by atoms with Gasteiger partial charge in [0.1, 0.15) is 0 Å². The second-order valence-corrected chi connectivity index (χ2v) is 5.72. The van der Waals surface area contributed by atoms with Crippen LogP contribution < -0.4 is 5.32 Å². The molecule has 0 aliphatic heterocycles. The summed E-state index contributed by atoms with van der Waals surface area (Å²) in [6.07, 6.45) is -2.52. The predicted molar refractivity (Wildman–Crippen MR) is 80.8 cm³/mol. The fourth-order valence-corrected chi connectivity index (χ4v) is 3.37. The smallest absolute Gasteiger partial charge is 0.313 e. The summed E-state index contributed by atoms with van der Waals surface area (Å²) in [5, 5.41) is 3.29.